The fourth-order valence-electron chi connectivity index (χ4n) is 3.64. The van der Waals surface area contributed by atoms with Crippen molar-refractivity contribution in [3.63, 3.8) is 0 Å². The summed E-state index contributed by atoms with van der Waals surface area (Å²) in [6.07, 6.45) is 1.22. The first-order valence-electron chi connectivity index (χ1n) is 10.0. The van der Waals surface area contributed by atoms with Crippen LogP contribution in [-0.2, 0) is 23.8 Å². The van der Waals surface area contributed by atoms with Gasteiger partial charge in [0.15, 0.2) is 0 Å². The Morgan fingerprint density at radius 2 is 1.35 bits per heavy atom. The lowest BCUT2D eigenvalue weighted by Gasteiger charge is -2.21. The van der Waals surface area contributed by atoms with Gasteiger partial charge in [-0.05, 0) is 45.9 Å². The third-order valence-electron chi connectivity index (χ3n) is 4.84. The van der Waals surface area contributed by atoms with E-state index in [2.05, 4.69) is 5.32 Å². The van der Waals surface area contributed by atoms with Crippen molar-refractivity contribution >= 4 is 29.5 Å². The minimum absolute atomic E-state index is 0.0566. The minimum atomic E-state index is -1.13. The highest BCUT2D eigenvalue weighted by Gasteiger charge is 2.53. The molecule has 0 saturated carbocycles. The van der Waals surface area contributed by atoms with Gasteiger partial charge in [-0.1, -0.05) is 12.2 Å². The van der Waals surface area contributed by atoms with E-state index in [0.717, 1.165) is 0 Å². The second-order valence-corrected chi connectivity index (χ2v) is 8.04. The van der Waals surface area contributed by atoms with E-state index in [9.17, 15) is 24.3 Å². The molecule has 2 bridgehead atoms. The van der Waals surface area contributed by atoms with Gasteiger partial charge in [0.05, 0.1) is 41.5 Å². The molecule has 31 heavy (non-hydrogen) atoms. The summed E-state index contributed by atoms with van der Waals surface area (Å²) < 4.78 is 15.9. The number of carbonyl (C=O) groups excluding carboxylic acids is 3. The average Bonchev–Trinajstić information content (AvgIpc) is 3.28. The van der Waals surface area contributed by atoms with E-state index in [1.807, 2.05) is 0 Å². The van der Waals surface area contributed by atoms with Crippen molar-refractivity contribution in [1.82, 2.24) is 0 Å². The zero-order valence-corrected chi connectivity index (χ0v) is 17.7. The SMILES string of the molecule is CC(C)OC(=O)c1cc(NC(=O)[C@H]2[C@@H](C(=O)O)[C@H]3C=C[C@@H]2O3)cc(C(=O)OC(C)C)c1. The van der Waals surface area contributed by atoms with E-state index in [1.54, 1.807) is 39.8 Å². The number of aliphatic carboxylic acids is 1. The van der Waals surface area contributed by atoms with Crippen LogP contribution in [0.3, 0.4) is 0 Å². The van der Waals surface area contributed by atoms with Crippen LogP contribution in [0.15, 0.2) is 30.4 Å². The number of hydrogen-bond acceptors (Lipinski definition) is 7. The maximum absolute atomic E-state index is 12.9. The summed E-state index contributed by atoms with van der Waals surface area (Å²) in [7, 11) is 0. The lowest BCUT2D eigenvalue weighted by atomic mass is 9.82. The summed E-state index contributed by atoms with van der Waals surface area (Å²) in [5.74, 6) is -5.01. The second-order valence-electron chi connectivity index (χ2n) is 8.04. The van der Waals surface area contributed by atoms with Crippen LogP contribution >= 0.6 is 0 Å². The predicted octanol–water partition coefficient (Wildman–Crippen LogP) is 2.41. The fraction of sp³-hybridized carbons (Fsp3) is 0.455. The molecule has 1 aromatic carbocycles. The quantitative estimate of drug-likeness (QED) is 0.498. The summed E-state index contributed by atoms with van der Waals surface area (Å²) in [5.41, 5.74) is 0.261. The first-order chi connectivity index (χ1) is 14.6. The number of carboxylic acids is 1. The molecular formula is C22H25NO8. The number of ether oxygens (including phenoxy) is 3. The summed E-state index contributed by atoms with van der Waals surface area (Å²) in [6, 6.07) is 4.07. The highest BCUT2D eigenvalue weighted by Crippen LogP contribution is 2.40. The standard InChI is InChI=1S/C22H25NO8/c1-10(2)29-21(27)12-7-13(22(28)30-11(3)4)9-14(8-12)23-19(24)17-15-5-6-16(31-15)18(17)20(25)26/h5-11,15-18H,1-4H3,(H,23,24)(H,25,26)/t15-,16+,17+,18-/m0/s1. The molecule has 9 heteroatoms. The summed E-state index contributed by atoms with van der Waals surface area (Å²) >= 11 is 0. The van der Waals surface area contributed by atoms with Gasteiger partial charge in [-0.2, -0.15) is 0 Å². The molecule has 1 aromatic rings. The van der Waals surface area contributed by atoms with Crippen molar-refractivity contribution in [2.75, 3.05) is 5.32 Å². The van der Waals surface area contributed by atoms with Gasteiger partial charge in [0, 0.05) is 5.69 Å². The van der Waals surface area contributed by atoms with Crippen molar-refractivity contribution in [2.45, 2.75) is 52.1 Å². The number of hydrogen-bond donors (Lipinski definition) is 2. The number of anilines is 1. The van der Waals surface area contributed by atoms with Crippen LogP contribution in [0.1, 0.15) is 48.4 Å². The van der Waals surface area contributed by atoms with Crippen LogP contribution in [0, 0.1) is 11.8 Å². The van der Waals surface area contributed by atoms with Crippen LogP contribution in [-0.4, -0.2) is 53.3 Å². The van der Waals surface area contributed by atoms with Crippen molar-refractivity contribution in [1.29, 1.82) is 0 Å². The Kier molecular flexibility index (Phi) is 6.45. The zero-order valence-electron chi connectivity index (χ0n) is 17.7. The number of nitrogens with one attached hydrogen (secondary N) is 1. The smallest absolute Gasteiger partial charge is 0.338 e. The first-order valence-corrected chi connectivity index (χ1v) is 10.0. The van der Waals surface area contributed by atoms with Gasteiger partial charge < -0.3 is 24.6 Å². The predicted molar refractivity (Wildman–Crippen MR) is 109 cm³/mol. The van der Waals surface area contributed by atoms with Crippen LogP contribution in [0.4, 0.5) is 5.69 Å². The number of carboxylic acid groups (broad SMARTS) is 1. The van der Waals surface area contributed by atoms with Crippen LogP contribution in [0.2, 0.25) is 0 Å². The van der Waals surface area contributed by atoms with E-state index < -0.39 is 47.9 Å². The molecule has 0 spiro atoms. The molecule has 0 radical (unpaired) electrons. The molecule has 0 unspecified atom stereocenters. The zero-order chi connectivity index (χ0) is 22.9. The van der Waals surface area contributed by atoms with Crippen LogP contribution in [0.25, 0.3) is 0 Å². The molecule has 2 aliphatic heterocycles. The lowest BCUT2D eigenvalue weighted by Crippen LogP contribution is -2.39. The van der Waals surface area contributed by atoms with Crippen molar-refractivity contribution in [2.24, 2.45) is 11.8 Å². The largest absolute Gasteiger partial charge is 0.481 e. The molecular weight excluding hydrogens is 406 g/mol. The normalized spacial score (nSPS) is 23.8. The molecule has 0 aromatic heterocycles. The molecule has 1 saturated heterocycles. The maximum atomic E-state index is 12.9. The van der Waals surface area contributed by atoms with E-state index in [-0.39, 0.29) is 29.0 Å². The van der Waals surface area contributed by atoms with Gasteiger partial charge in [0.1, 0.15) is 5.92 Å². The molecule has 2 N–H and O–H groups in total. The van der Waals surface area contributed by atoms with E-state index in [4.69, 9.17) is 14.2 Å². The Balaban J connectivity index is 1.89. The molecule has 3 rings (SSSR count). The number of amides is 1. The molecule has 1 fully saturated rings. The number of esters is 2. The van der Waals surface area contributed by atoms with Crippen LogP contribution in [0.5, 0.6) is 0 Å². The number of benzene rings is 1. The highest BCUT2D eigenvalue weighted by molar-refractivity contribution is 6.01. The maximum Gasteiger partial charge on any atom is 0.338 e. The molecule has 1 amide bonds. The Labute approximate surface area is 179 Å². The number of carbonyl (C=O) groups is 4. The van der Waals surface area contributed by atoms with Gasteiger partial charge in [0.25, 0.3) is 0 Å². The summed E-state index contributed by atoms with van der Waals surface area (Å²) in [4.78, 5) is 49.3. The second kappa shape index (κ2) is 8.89. The van der Waals surface area contributed by atoms with E-state index >= 15 is 0 Å². The van der Waals surface area contributed by atoms with Crippen molar-refractivity contribution in [3.05, 3.63) is 41.5 Å². The third-order valence-corrected chi connectivity index (χ3v) is 4.84. The van der Waals surface area contributed by atoms with Gasteiger partial charge in [0.2, 0.25) is 5.91 Å². The number of fused-ring (bicyclic) bond motifs is 2. The molecule has 9 nitrogen and oxygen atoms in total. The Morgan fingerprint density at radius 1 is 0.871 bits per heavy atom. The molecule has 166 valence electrons. The van der Waals surface area contributed by atoms with E-state index in [0.29, 0.717) is 0 Å². The van der Waals surface area contributed by atoms with Crippen molar-refractivity contribution in [3.8, 4) is 0 Å². The summed E-state index contributed by atoms with van der Waals surface area (Å²) in [5, 5.41) is 12.1. The van der Waals surface area contributed by atoms with Crippen molar-refractivity contribution < 1.29 is 38.5 Å². The Bertz CT molecular complexity index is 895. The lowest BCUT2D eigenvalue weighted by molar-refractivity contribution is -0.145. The third kappa shape index (κ3) is 4.93. The van der Waals surface area contributed by atoms with Gasteiger partial charge in [-0.25, -0.2) is 9.59 Å². The van der Waals surface area contributed by atoms with E-state index in [1.165, 1.54) is 18.2 Å². The monoisotopic (exact) mass is 431 g/mol. The first kappa shape index (κ1) is 22.5. The fourth-order valence-corrected chi connectivity index (χ4v) is 3.64. The molecule has 4 atom stereocenters. The van der Waals surface area contributed by atoms with Crippen LogP contribution < -0.4 is 5.32 Å². The topological polar surface area (TPSA) is 128 Å². The number of rotatable bonds is 7. The molecule has 0 aliphatic carbocycles. The van der Waals surface area contributed by atoms with Gasteiger partial charge in [-0.3, -0.25) is 9.59 Å². The Hall–Kier alpha value is -3.20. The molecule has 2 aliphatic rings. The average molecular weight is 431 g/mol. The minimum Gasteiger partial charge on any atom is -0.481 e. The summed E-state index contributed by atoms with van der Waals surface area (Å²) in [6.45, 7) is 6.75. The molecule has 2 heterocycles. The van der Waals surface area contributed by atoms with Gasteiger partial charge in [-0.15, -0.1) is 0 Å². The Morgan fingerprint density at radius 3 is 1.81 bits per heavy atom. The highest BCUT2D eigenvalue weighted by atomic mass is 16.5. The van der Waals surface area contributed by atoms with Gasteiger partial charge >= 0.3 is 17.9 Å².